The minimum Gasteiger partial charge on any atom is -0.496 e. The van der Waals surface area contributed by atoms with Gasteiger partial charge in [0.15, 0.2) is 0 Å². The highest BCUT2D eigenvalue weighted by molar-refractivity contribution is 5.73. The van der Waals surface area contributed by atoms with Crippen molar-refractivity contribution in [3.63, 3.8) is 0 Å². The standard InChI is InChI=1S/C19H23FN2O4/c1-21-19(23)22(13-14-5-4-6-15(20)9-14)7-8-26-18-11-16(24-2)10-17(12-18)25-3/h4-6,9-12H,7-8,13H2,1-3H3,(H,21,23). The summed E-state index contributed by atoms with van der Waals surface area (Å²) in [5.41, 5.74) is 0.705. The molecule has 7 heteroatoms. The first-order valence-electron chi connectivity index (χ1n) is 8.12. The summed E-state index contributed by atoms with van der Waals surface area (Å²) in [5, 5.41) is 2.58. The number of hydrogen-bond acceptors (Lipinski definition) is 4. The largest absolute Gasteiger partial charge is 0.496 e. The van der Waals surface area contributed by atoms with E-state index in [0.717, 1.165) is 0 Å². The van der Waals surface area contributed by atoms with E-state index in [9.17, 15) is 9.18 Å². The Morgan fingerprint density at radius 2 is 1.73 bits per heavy atom. The van der Waals surface area contributed by atoms with Crippen molar-refractivity contribution in [2.45, 2.75) is 6.54 Å². The highest BCUT2D eigenvalue weighted by atomic mass is 19.1. The number of benzene rings is 2. The Balaban J connectivity index is 2.00. The third-order valence-corrected chi connectivity index (χ3v) is 3.72. The number of nitrogens with zero attached hydrogens (tertiary/aromatic N) is 1. The molecule has 0 aliphatic heterocycles. The lowest BCUT2D eigenvalue weighted by atomic mass is 10.2. The Bertz CT molecular complexity index is 717. The van der Waals surface area contributed by atoms with Gasteiger partial charge in [-0.2, -0.15) is 0 Å². The molecule has 0 radical (unpaired) electrons. The van der Waals surface area contributed by atoms with Gasteiger partial charge in [-0.25, -0.2) is 9.18 Å². The molecule has 6 nitrogen and oxygen atoms in total. The lowest BCUT2D eigenvalue weighted by Gasteiger charge is -2.22. The average Bonchev–Trinajstić information content (AvgIpc) is 2.66. The highest BCUT2D eigenvalue weighted by Crippen LogP contribution is 2.27. The van der Waals surface area contributed by atoms with Gasteiger partial charge in [-0.3, -0.25) is 0 Å². The van der Waals surface area contributed by atoms with Gasteiger partial charge in [0, 0.05) is 31.8 Å². The van der Waals surface area contributed by atoms with Crippen LogP contribution in [0.25, 0.3) is 0 Å². The number of ether oxygens (including phenoxy) is 3. The number of halogens is 1. The van der Waals surface area contributed by atoms with Crippen molar-refractivity contribution in [3.8, 4) is 17.2 Å². The van der Waals surface area contributed by atoms with E-state index in [2.05, 4.69) is 5.32 Å². The third kappa shape index (κ3) is 5.54. The van der Waals surface area contributed by atoms with Crippen molar-refractivity contribution in [1.82, 2.24) is 10.2 Å². The molecule has 0 spiro atoms. The molecule has 2 rings (SSSR count). The first-order valence-corrected chi connectivity index (χ1v) is 8.12. The van der Waals surface area contributed by atoms with Gasteiger partial charge < -0.3 is 24.4 Å². The molecule has 0 saturated heterocycles. The highest BCUT2D eigenvalue weighted by Gasteiger charge is 2.13. The van der Waals surface area contributed by atoms with Gasteiger partial charge in [0.2, 0.25) is 0 Å². The van der Waals surface area contributed by atoms with Crippen molar-refractivity contribution in [1.29, 1.82) is 0 Å². The van der Waals surface area contributed by atoms with Crippen LogP contribution in [0.5, 0.6) is 17.2 Å². The van der Waals surface area contributed by atoms with Crippen LogP contribution in [0.15, 0.2) is 42.5 Å². The summed E-state index contributed by atoms with van der Waals surface area (Å²) in [6, 6.07) is 11.1. The summed E-state index contributed by atoms with van der Waals surface area (Å²) < 4.78 is 29.5. The molecule has 1 N–H and O–H groups in total. The minimum atomic E-state index is -0.334. The summed E-state index contributed by atoms with van der Waals surface area (Å²) in [4.78, 5) is 13.6. The van der Waals surface area contributed by atoms with Crippen molar-refractivity contribution in [3.05, 3.63) is 53.8 Å². The molecule has 26 heavy (non-hydrogen) atoms. The quantitative estimate of drug-likeness (QED) is 0.784. The van der Waals surface area contributed by atoms with Crippen LogP contribution in [0.2, 0.25) is 0 Å². The average molecular weight is 362 g/mol. The lowest BCUT2D eigenvalue weighted by molar-refractivity contribution is 0.181. The zero-order chi connectivity index (χ0) is 18.9. The summed E-state index contributed by atoms with van der Waals surface area (Å²) in [7, 11) is 4.67. The first-order chi connectivity index (χ1) is 12.5. The number of methoxy groups -OCH3 is 2. The van der Waals surface area contributed by atoms with Gasteiger partial charge in [-0.15, -0.1) is 0 Å². The molecule has 0 aliphatic rings. The number of hydrogen-bond donors (Lipinski definition) is 1. The summed E-state index contributed by atoms with van der Waals surface area (Å²) in [6.45, 7) is 0.872. The van der Waals surface area contributed by atoms with Crippen molar-refractivity contribution < 1.29 is 23.4 Å². The molecule has 0 saturated carbocycles. The fraction of sp³-hybridized carbons (Fsp3) is 0.316. The van der Waals surface area contributed by atoms with Crippen LogP contribution in [0.3, 0.4) is 0 Å². The number of carbonyl (C=O) groups is 1. The van der Waals surface area contributed by atoms with Gasteiger partial charge in [-0.1, -0.05) is 12.1 Å². The number of rotatable bonds is 8. The van der Waals surface area contributed by atoms with Crippen LogP contribution < -0.4 is 19.5 Å². The predicted molar refractivity (Wildman–Crippen MR) is 96.3 cm³/mol. The predicted octanol–water partition coefficient (Wildman–Crippen LogP) is 3.06. The van der Waals surface area contributed by atoms with E-state index in [1.54, 1.807) is 56.5 Å². The monoisotopic (exact) mass is 362 g/mol. The Kier molecular flexibility index (Phi) is 7.08. The second kappa shape index (κ2) is 9.50. The molecule has 0 aliphatic carbocycles. The van der Waals surface area contributed by atoms with Gasteiger partial charge in [-0.05, 0) is 17.7 Å². The molecular weight excluding hydrogens is 339 g/mol. The van der Waals surface area contributed by atoms with Crippen LogP contribution in [0.4, 0.5) is 9.18 Å². The number of urea groups is 1. The smallest absolute Gasteiger partial charge is 0.317 e. The van der Waals surface area contributed by atoms with Crippen molar-refractivity contribution in [2.75, 3.05) is 34.4 Å². The van der Waals surface area contributed by atoms with Crippen LogP contribution in [-0.4, -0.2) is 45.3 Å². The Labute approximate surface area is 152 Å². The Morgan fingerprint density at radius 3 is 2.31 bits per heavy atom. The first kappa shape index (κ1) is 19.4. The summed E-state index contributed by atoms with van der Waals surface area (Å²) in [5.74, 6) is 1.47. The van der Waals surface area contributed by atoms with Crippen LogP contribution >= 0.6 is 0 Å². The maximum Gasteiger partial charge on any atom is 0.317 e. The van der Waals surface area contributed by atoms with E-state index in [1.807, 2.05) is 0 Å². The topological polar surface area (TPSA) is 60.0 Å². The fourth-order valence-electron chi connectivity index (χ4n) is 2.40. The van der Waals surface area contributed by atoms with E-state index >= 15 is 0 Å². The zero-order valence-corrected chi connectivity index (χ0v) is 15.1. The molecular formula is C19H23FN2O4. The van der Waals surface area contributed by atoms with E-state index in [-0.39, 0.29) is 25.0 Å². The van der Waals surface area contributed by atoms with Crippen LogP contribution in [0, 0.1) is 5.82 Å². The van der Waals surface area contributed by atoms with Gasteiger partial charge in [0.1, 0.15) is 29.7 Å². The maximum atomic E-state index is 13.3. The number of amides is 2. The normalized spacial score (nSPS) is 10.2. The van der Waals surface area contributed by atoms with E-state index in [1.165, 1.54) is 12.1 Å². The van der Waals surface area contributed by atoms with Gasteiger partial charge in [0.25, 0.3) is 0 Å². The molecule has 0 heterocycles. The Morgan fingerprint density at radius 1 is 1.08 bits per heavy atom. The SMILES string of the molecule is CNC(=O)N(CCOc1cc(OC)cc(OC)c1)Cc1cccc(F)c1. The zero-order valence-electron chi connectivity index (χ0n) is 15.1. The van der Waals surface area contributed by atoms with Crippen molar-refractivity contribution >= 4 is 6.03 Å². The second-order valence-corrected chi connectivity index (χ2v) is 5.50. The lowest BCUT2D eigenvalue weighted by Crippen LogP contribution is -2.40. The molecule has 0 bridgehead atoms. The van der Waals surface area contributed by atoms with E-state index in [0.29, 0.717) is 29.4 Å². The molecule has 2 aromatic carbocycles. The molecule has 0 aromatic heterocycles. The summed E-state index contributed by atoms with van der Waals surface area (Å²) in [6.07, 6.45) is 0. The molecule has 0 atom stereocenters. The minimum absolute atomic E-state index is 0.263. The third-order valence-electron chi connectivity index (χ3n) is 3.72. The number of nitrogens with one attached hydrogen (secondary N) is 1. The van der Waals surface area contributed by atoms with Gasteiger partial charge >= 0.3 is 6.03 Å². The van der Waals surface area contributed by atoms with E-state index in [4.69, 9.17) is 14.2 Å². The van der Waals surface area contributed by atoms with E-state index < -0.39 is 0 Å². The van der Waals surface area contributed by atoms with Crippen LogP contribution in [0.1, 0.15) is 5.56 Å². The van der Waals surface area contributed by atoms with Crippen molar-refractivity contribution in [2.24, 2.45) is 0 Å². The molecule has 2 amide bonds. The molecule has 2 aromatic rings. The maximum absolute atomic E-state index is 13.3. The van der Waals surface area contributed by atoms with Gasteiger partial charge in [0.05, 0.1) is 20.8 Å². The fourth-order valence-corrected chi connectivity index (χ4v) is 2.40. The molecule has 140 valence electrons. The molecule has 0 fully saturated rings. The Hall–Kier alpha value is -2.96. The molecule has 0 unspecified atom stereocenters. The van der Waals surface area contributed by atoms with Crippen LogP contribution in [-0.2, 0) is 6.54 Å². The summed E-state index contributed by atoms with van der Waals surface area (Å²) >= 11 is 0. The second-order valence-electron chi connectivity index (χ2n) is 5.50. The number of carbonyl (C=O) groups excluding carboxylic acids is 1.